The maximum atomic E-state index is 12.1. The highest BCUT2D eigenvalue weighted by atomic mass is 79.9. The summed E-state index contributed by atoms with van der Waals surface area (Å²) in [5, 5.41) is 8.94. The average molecular weight is 373 g/mol. The lowest BCUT2D eigenvalue weighted by Gasteiger charge is -2.30. The Morgan fingerprint density at radius 2 is 2.05 bits per heavy atom. The second-order valence-corrected chi connectivity index (χ2v) is 6.90. The minimum absolute atomic E-state index is 0.0335. The molecule has 1 amide bonds. The van der Waals surface area contributed by atoms with Gasteiger partial charge in [0.2, 0.25) is 5.91 Å². The molecular weight excluding hydrogens is 356 g/mol. The first kappa shape index (κ1) is 16.2. The van der Waals surface area contributed by atoms with Crippen LogP contribution in [0, 0.1) is 5.92 Å². The topological polar surface area (TPSA) is 83.6 Å². The molecule has 1 aromatic rings. The van der Waals surface area contributed by atoms with Crippen molar-refractivity contribution in [2.45, 2.75) is 17.7 Å². The normalized spacial score (nSPS) is 16.0. The number of thioether (sulfide) groups is 1. The number of nitrogen functional groups attached to an aromatic ring is 1. The van der Waals surface area contributed by atoms with Crippen LogP contribution in [-0.2, 0) is 9.59 Å². The number of likely N-dealkylation sites (tertiary alicyclic amines) is 1. The maximum absolute atomic E-state index is 12.1. The first-order valence-corrected chi connectivity index (χ1v) is 8.43. The number of aliphatic carboxylic acids is 1. The number of carboxylic acid groups (broad SMARTS) is 1. The van der Waals surface area contributed by atoms with E-state index < -0.39 is 5.97 Å². The highest BCUT2D eigenvalue weighted by molar-refractivity contribution is 9.10. The first-order valence-electron chi connectivity index (χ1n) is 6.66. The van der Waals surface area contributed by atoms with Gasteiger partial charge in [-0.3, -0.25) is 9.59 Å². The van der Waals surface area contributed by atoms with E-state index in [1.54, 1.807) is 4.90 Å². The van der Waals surface area contributed by atoms with Gasteiger partial charge in [0.15, 0.2) is 0 Å². The van der Waals surface area contributed by atoms with E-state index in [0.717, 1.165) is 9.37 Å². The molecule has 0 radical (unpaired) electrons. The molecule has 2 rings (SSSR count). The number of nitrogens with zero attached hydrogens (tertiary/aromatic N) is 1. The van der Waals surface area contributed by atoms with Crippen molar-refractivity contribution in [3.05, 3.63) is 22.7 Å². The highest BCUT2D eigenvalue weighted by Crippen LogP contribution is 2.28. The molecule has 0 spiro atoms. The maximum Gasteiger partial charge on any atom is 0.306 e. The van der Waals surface area contributed by atoms with Gasteiger partial charge in [-0.05, 0) is 31.0 Å². The van der Waals surface area contributed by atoms with Gasteiger partial charge >= 0.3 is 5.97 Å². The molecule has 0 aliphatic carbocycles. The Morgan fingerprint density at radius 3 is 2.62 bits per heavy atom. The molecule has 0 unspecified atom stereocenters. The first-order chi connectivity index (χ1) is 9.97. The molecule has 1 aliphatic heterocycles. The van der Waals surface area contributed by atoms with Crippen molar-refractivity contribution in [1.29, 1.82) is 0 Å². The van der Waals surface area contributed by atoms with Crippen molar-refractivity contribution in [3.63, 3.8) is 0 Å². The Morgan fingerprint density at radius 1 is 1.38 bits per heavy atom. The second-order valence-electron chi connectivity index (χ2n) is 4.96. The van der Waals surface area contributed by atoms with Crippen molar-refractivity contribution >= 4 is 45.3 Å². The Bertz CT molecular complexity index is 545. The number of hydrogen-bond donors (Lipinski definition) is 2. The molecule has 0 aromatic heterocycles. The molecule has 1 fully saturated rings. The van der Waals surface area contributed by atoms with Gasteiger partial charge in [0, 0.05) is 28.1 Å². The third-order valence-corrected chi connectivity index (χ3v) is 5.09. The average Bonchev–Trinajstić information content (AvgIpc) is 2.46. The Labute approximate surface area is 136 Å². The van der Waals surface area contributed by atoms with Gasteiger partial charge in [-0.15, -0.1) is 11.8 Å². The lowest BCUT2D eigenvalue weighted by Crippen LogP contribution is -2.41. The third kappa shape index (κ3) is 4.38. The molecule has 0 saturated carbocycles. The van der Waals surface area contributed by atoms with Gasteiger partial charge in [-0.25, -0.2) is 0 Å². The lowest BCUT2D eigenvalue weighted by molar-refractivity contribution is -0.145. The molecule has 1 saturated heterocycles. The summed E-state index contributed by atoms with van der Waals surface area (Å²) in [7, 11) is 0. The number of amides is 1. The SMILES string of the molecule is Nc1cc(Br)ccc1SCC(=O)N1CCC(C(=O)O)CC1. The van der Waals surface area contributed by atoms with Crippen LogP contribution in [0.3, 0.4) is 0 Å². The van der Waals surface area contributed by atoms with Gasteiger partial charge in [0.25, 0.3) is 0 Å². The quantitative estimate of drug-likeness (QED) is 0.626. The van der Waals surface area contributed by atoms with E-state index >= 15 is 0 Å². The van der Waals surface area contributed by atoms with E-state index in [2.05, 4.69) is 15.9 Å². The largest absolute Gasteiger partial charge is 0.481 e. The van der Waals surface area contributed by atoms with Crippen molar-refractivity contribution in [2.24, 2.45) is 5.92 Å². The number of carboxylic acids is 1. The zero-order valence-corrected chi connectivity index (χ0v) is 13.8. The van der Waals surface area contributed by atoms with Crippen LogP contribution in [0.2, 0.25) is 0 Å². The van der Waals surface area contributed by atoms with Crippen molar-refractivity contribution < 1.29 is 14.7 Å². The van der Waals surface area contributed by atoms with Gasteiger partial charge in [0.1, 0.15) is 0 Å². The smallest absolute Gasteiger partial charge is 0.306 e. The number of carbonyl (C=O) groups is 2. The lowest BCUT2D eigenvalue weighted by atomic mass is 9.97. The van der Waals surface area contributed by atoms with Crippen molar-refractivity contribution in [2.75, 3.05) is 24.6 Å². The van der Waals surface area contributed by atoms with E-state index in [0.29, 0.717) is 37.4 Å². The van der Waals surface area contributed by atoms with Crippen LogP contribution < -0.4 is 5.73 Å². The second kappa shape index (κ2) is 7.17. The Balaban J connectivity index is 1.84. The summed E-state index contributed by atoms with van der Waals surface area (Å²) < 4.78 is 0.909. The molecule has 0 atom stereocenters. The summed E-state index contributed by atoms with van der Waals surface area (Å²) >= 11 is 4.75. The molecule has 1 aromatic carbocycles. The van der Waals surface area contributed by atoms with E-state index in [-0.39, 0.29) is 11.8 Å². The summed E-state index contributed by atoms with van der Waals surface area (Å²) in [6.07, 6.45) is 1.07. The fraction of sp³-hybridized carbons (Fsp3) is 0.429. The number of anilines is 1. The Hall–Kier alpha value is -1.21. The number of hydrogen-bond acceptors (Lipinski definition) is 4. The van der Waals surface area contributed by atoms with Crippen molar-refractivity contribution in [3.8, 4) is 0 Å². The molecule has 0 bridgehead atoms. The van der Waals surface area contributed by atoms with E-state index in [1.165, 1.54) is 11.8 Å². The van der Waals surface area contributed by atoms with Gasteiger partial charge in [0.05, 0.1) is 11.7 Å². The minimum atomic E-state index is -0.765. The van der Waals surface area contributed by atoms with Gasteiger partial charge in [-0.2, -0.15) is 0 Å². The minimum Gasteiger partial charge on any atom is -0.481 e. The van der Waals surface area contributed by atoms with Gasteiger partial charge < -0.3 is 15.7 Å². The zero-order valence-electron chi connectivity index (χ0n) is 11.4. The number of piperidine rings is 1. The van der Waals surface area contributed by atoms with Crippen LogP contribution in [0.1, 0.15) is 12.8 Å². The van der Waals surface area contributed by atoms with E-state index in [9.17, 15) is 9.59 Å². The highest BCUT2D eigenvalue weighted by Gasteiger charge is 2.26. The molecule has 114 valence electrons. The summed E-state index contributed by atoms with van der Waals surface area (Å²) in [6.45, 7) is 1.04. The fourth-order valence-corrected chi connectivity index (χ4v) is 3.49. The summed E-state index contributed by atoms with van der Waals surface area (Å²) in [5.74, 6) is -0.724. The standard InChI is InChI=1S/C14H17BrN2O3S/c15-10-1-2-12(11(16)7-10)21-8-13(18)17-5-3-9(4-6-17)14(19)20/h1-2,7,9H,3-6,8,16H2,(H,19,20). The monoisotopic (exact) mass is 372 g/mol. The van der Waals surface area contributed by atoms with Crippen LogP contribution in [0.4, 0.5) is 5.69 Å². The molecule has 1 aliphatic rings. The summed E-state index contributed by atoms with van der Waals surface area (Å²) in [4.78, 5) is 25.6. The molecule has 1 heterocycles. The molecule has 5 nitrogen and oxygen atoms in total. The van der Waals surface area contributed by atoms with E-state index in [4.69, 9.17) is 10.8 Å². The number of halogens is 1. The van der Waals surface area contributed by atoms with Gasteiger partial charge in [-0.1, -0.05) is 15.9 Å². The predicted octanol–water partition coefficient (Wildman–Crippen LogP) is 2.45. The van der Waals surface area contributed by atoms with Crippen LogP contribution >= 0.6 is 27.7 Å². The zero-order chi connectivity index (χ0) is 15.4. The van der Waals surface area contributed by atoms with Crippen LogP contribution in [0.15, 0.2) is 27.6 Å². The summed E-state index contributed by atoms with van der Waals surface area (Å²) in [5.41, 5.74) is 6.54. The number of rotatable bonds is 4. The molecular formula is C14H17BrN2O3S. The van der Waals surface area contributed by atoms with Crippen LogP contribution in [0.25, 0.3) is 0 Å². The van der Waals surface area contributed by atoms with Crippen molar-refractivity contribution in [1.82, 2.24) is 4.90 Å². The third-order valence-electron chi connectivity index (χ3n) is 3.52. The Kier molecular flexibility index (Phi) is 5.52. The van der Waals surface area contributed by atoms with E-state index in [1.807, 2.05) is 18.2 Å². The number of benzene rings is 1. The molecule has 21 heavy (non-hydrogen) atoms. The molecule has 3 N–H and O–H groups in total. The fourth-order valence-electron chi connectivity index (χ4n) is 2.26. The predicted molar refractivity (Wildman–Crippen MR) is 86.2 cm³/mol. The summed E-state index contributed by atoms with van der Waals surface area (Å²) in [6, 6.07) is 5.58. The van der Waals surface area contributed by atoms with Crippen LogP contribution in [-0.4, -0.2) is 40.7 Å². The number of carbonyl (C=O) groups excluding carboxylic acids is 1. The molecule has 7 heteroatoms. The number of nitrogens with two attached hydrogens (primary N) is 1. The van der Waals surface area contributed by atoms with Crippen LogP contribution in [0.5, 0.6) is 0 Å².